The van der Waals surface area contributed by atoms with Crippen LogP contribution in [0.15, 0.2) is 18.2 Å². The SMILES string of the molecule is N[C@H](CCCCNc1cc(Cl)ccc1[N+](=O)[O-])C(=O)O. The maximum atomic E-state index is 10.8. The van der Waals surface area contributed by atoms with Crippen molar-refractivity contribution in [1.29, 1.82) is 0 Å². The van der Waals surface area contributed by atoms with E-state index >= 15 is 0 Å². The van der Waals surface area contributed by atoms with Gasteiger partial charge in [0.25, 0.3) is 5.69 Å². The molecule has 0 amide bonds. The van der Waals surface area contributed by atoms with Crippen LogP contribution in [0.3, 0.4) is 0 Å². The number of rotatable bonds is 8. The van der Waals surface area contributed by atoms with E-state index in [1.807, 2.05) is 0 Å². The lowest BCUT2D eigenvalue weighted by Gasteiger charge is -2.08. The fourth-order valence-corrected chi connectivity index (χ4v) is 1.82. The van der Waals surface area contributed by atoms with Gasteiger partial charge in [-0.3, -0.25) is 14.9 Å². The number of unbranched alkanes of at least 4 members (excludes halogenated alkanes) is 1. The normalized spacial score (nSPS) is 11.9. The maximum absolute atomic E-state index is 10.8. The number of nitrogens with one attached hydrogen (secondary N) is 1. The molecule has 0 spiro atoms. The van der Waals surface area contributed by atoms with Crippen molar-refractivity contribution in [2.45, 2.75) is 25.3 Å². The standard InChI is InChI=1S/C12H16ClN3O4/c13-8-4-5-11(16(19)20)10(7-8)15-6-2-1-3-9(14)12(17)18/h4-5,7,9,15H,1-3,6,14H2,(H,17,18)/t9-/m1/s1. The van der Waals surface area contributed by atoms with Gasteiger partial charge in [0, 0.05) is 17.6 Å². The molecule has 0 heterocycles. The highest BCUT2D eigenvalue weighted by atomic mass is 35.5. The largest absolute Gasteiger partial charge is 0.480 e. The number of hydrogen-bond donors (Lipinski definition) is 3. The Morgan fingerprint density at radius 2 is 2.20 bits per heavy atom. The second-order valence-corrected chi connectivity index (χ2v) is 4.72. The zero-order valence-electron chi connectivity index (χ0n) is 10.7. The van der Waals surface area contributed by atoms with Gasteiger partial charge in [-0.25, -0.2) is 0 Å². The Hall–Kier alpha value is -1.86. The van der Waals surface area contributed by atoms with Crippen molar-refractivity contribution in [3.8, 4) is 0 Å². The molecule has 0 unspecified atom stereocenters. The van der Waals surface area contributed by atoms with E-state index in [2.05, 4.69) is 5.32 Å². The second-order valence-electron chi connectivity index (χ2n) is 4.29. The van der Waals surface area contributed by atoms with Gasteiger partial charge in [0.1, 0.15) is 11.7 Å². The van der Waals surface area contributed by atoms with E-state index < -0.39 is 16.9 Å². The quantitative estimate of drug-likeness (QED) is 0.385. The number of carboxylic acids is 1. The lowest BCUT2D eigenvalue weighted by atomic mass is 10.1. The molecule has 1 atom stereocenters. The van der Waals surface area contributed by atoms with Crippen LogP contribution in [0.4, 0.5) is 11.4 Å². The Balaban J connectivity index is 2.44. The zero-order chi connectivity index (χ0) is 15.1. The third kappa shape index (κ3) is 5.02. The summed E-state index contributed by atoms with van der Waals surface area (Å²) in [6, 6.07) is 3.42. The van der Waals surface area contributed by atoms with Crippen molar-refractivity contribution in [1.82, 2.24) is 0 Å². The van der Waals surface area contributed by atoms with E-state index in [0.717, 1.165) is 0 Å². The van der Waals surface area contributed by atoms with Gasteiger partial charge in [-0.1, -0.05) is 11.6 Å². The molecule has 20 heavy (non-hydrogen) atoms. The number of nitrogens with two attached hydrogens (primary N) is 1. The highest BCUT2D eigenvalue weighted by Gasteiger charge is 2.14. The summed E-state index contributed by atoms with van der Waals surface area (Å²) in [6.45, 7) is 0.480. The van der Waals surface area contributed by atoms with Crippen LogP contribution in [-0.4, -0.2) is 28.6 Å². The molecule has 110 valence electrons. The molecule has 4 N–H and O–H groups in total. The molecule has 1 aromatic rings. The highest BCUT2D eigenvalue weighted by molar-refractivity contribution is 6.31. The van der Waals surface area contributed by atoms with Gasteiger partial charge in [0.2, 0.25) is 0 Å². The van der Waals surface area contributed by atoms with Crippen molar-refractivity contribution in [3.05, 3.63) is 33.3 Å². The second kappa shape index (κ2) is 7.66. The molecule has 0 fully saturated rings. The Bertz CT molecular complexity index is 496. The predicted molar refractivity (Wildman–Crippen MR) is 76.1 cm³/mol. The van der Waals surface area contributed by atoms with E-state index in [1.54, 1.807) is 0 Å². The Morgan fingerprint density at radius 3 is 2.80 bits per heavy atom. The molecule has 0 saturated heterocycles. The number of nitro benzene ring substituents is 1. The minimum absolute atomic E-state index is 0.0448. The fourth-order valence-electron chi connectivity index (χ4n) is 1.64. The first-order valence-corrected chi connectivity index (χ1v) is 6.46. The average Bonchev–Trinajstić information content (AvgIpc) is 2.37. The van der Waals surface area contributed by atoms with Crippen LogP contribution < -0.4 is 11.1 Å². The third-order valence-corrected chi connectivity index (χ3v) is 2.96. The summed E-state index contributed by atoms with van der Waals surface area (Å²) in [5.74, 6) is -1.02. The molecule has 8 heteroatoms. The molecule has 0 saturated carbocycles. The summed E-state index contributed by atoms with van der Waals surface area (Å²) in [5.41, 5.74) is 5.67. The average molecular weight is 302 g/mol. The molecule has 0 aliphatic carbocycles. The fraction of sp³-hybridized carbons (Fsp3) is 0.417. The molecule has 0 aromatic heterocycles. The van der Waals surface area contributed by atoms with Gasteiger partial charge >= 0.3 is 5.97 Å². The van der Waals surface area contributed by atoms with E-state index in [0.29, 0.717) is 36.5 Å². The highest BCUT2D eigenvalue weighted by Crippen LogP contribution is 2.27. The van der Waals surface area contributed by atoms with Crippen LogP contribution in [0.5, 0.6) is 0 Å². The number of benzene rings is 1. The van der Waals surface area contributed by atoms with Crippen molar-refractivity contribution in [3.63, 3.8) is 0 Å². The zero-order valence-corrected chi connectivity index (χ0v) is 11.5. The van der Waals surface area contributed by atoms with Crippen LogP contribution in [0, 0.1) is 10.1 Å². The topological polar surface area (TPSA) is 118 Å². The van der Waals surface area contributed by atoms with Crippen LogP contribution in [-0.2, 0) is 4.79 Å². The molecular formula is C12H16ClN3O4. The number of carbonyl (C=O) groups is 1. The number of anilines is 1. The van der Waals surface area contributed by atoms with E-state index in [4.69, 9.17) is 22.4 Å². The van der Waals surface area contributed by atoms with Crippen LogP contribution >= 0.6 is 11.6 Å². The summed E-state index contributed by atoms with van der Waals surface area (Å²) >= 11 is 5.79. The molecular weight excluding hydrogens is 286 g/mol. The minimum atomic E-state index is -1.02. The Labute approximate surface area is 120 Å². The smallest absolute Gasteiger partial charge is 0.320 e. The first-order valence-electron chi connectivity index (χ1n) is 6.08. The van der Waals surface area contributed by atoms with E-state index in [-0.39, 0.29) is 5.69 Å². The van der Waals surface area contributed by atoms with E-state index in [9.17, 15) is 14.9 Å². The Kier molecular flexibility index (Phi) is 6.20. The number of aliphatic carboxylic acids is 1. The van der Waals surface area contributed by atoms with Gasteiger partial charge in [0.05, 0.1) is 4.92 Å². The molecule has 1 rings (SSSR count). The molecule has 0 aliphatic heterocycles. The first-order chi connectivity index (χ1) is 9.41. The molecule has 7 nitrogen and oxygen atoms in total. The molecule has 0 radical (unpaired) electrons. The third-order valence-electron chi connectivity index (χ3n) is 2.73. The maximum Gasteiger partial charge on any atom is 0.320 e. The van der Waals surface area contributed by atoms with Crippen molar-refractivity contribution in [2.75, 3.05) is 11.9 Å². The Morgan fingerprint density at radius 1 is 1.50 bits per heavy atom. The lowest BCUT2D eigenvalue weighted by Crippen LogP contribution is -2.29. The van der Waals surface area contributed by atoms with Gasteiger partial charge in [-0.05, 0) is 31.4 Å². The van der Waals surface area contributed by atoms with E-state index in [1.165, 1.54) is 18.2 Å². The van der Waals surface area contributed by atoms with Crippen LogP contribution in [0.1, 0.15) is 19.3 Å². The van der Waals surface area contributed by atoms with Gasteiger partial charge in [0.15, 0.2) is 0 Å². The minimum Gasteiger partial charge on any atom is -0.480 e. The molecule has 0 aliphatic rings. The number of nitro groups is 1. The predicted octanol–water partition coefficient (Wildman–Crippen LogP) is 2.24. The number of hydrogen-bond acceptors (Lipinski definition) is 5. The summed E-state index contributed by atoms with van der Waals surface area (Å²) in [7, 11) is 0. The van der Waals surface area contributed by atoms with Gasteiger partial charge in [-0.15, -0.1) is 0 Å². The van der Waals surface area contributed by atoms with Crippen LogP contribution in [0.25, 0.3) is 0 Å². The summed E-state index contributed by atoms with van der Waals surface area (Å²) in [5, 5.41) is 22.8. The van der Waals surface area contributed by atoms with Crippen molar-refractivity contribution in [2.24, 2.45) is 5.73 Å². The summed E-state index contributed by atoms with van der Waals surface area (Å²) < 4.78 is 0. The lowest BCUT2D eigenvalue weighted by molar-refractivity contribution is -0.384. The van der Waals surface area contributed by atoms with Gasteiger partial charge in [-0.2, -0.15) is 0 Å². The number of halogens is 1. The molecule has 0 bridgehead atoms. The van der Waals surface area contributed by atoms with Crippen molar-refractivity contribution >= 4 is 28.9 Å². The van der Waals surface area contributed by atoms with Crippen LogP contribution in [0.2, 0.25) is 5.02 Å². The first kappa shape index (κ1) is 16.2. The van der Waals surface area contributed by atoms with Crippen molar-refractivity contribution < 1.29 is 14.8 Å². The summed E-state index contributed by atoms with van der Waals surface area (Å²) in [4.78, 5) is 20.9. The number of carboxylic acid groups (broad SMARTS) is 1. The van der Waals surface area contributed by atoms with Gasteiger partial charge < -0.3 is 16.2 Å². The monoisotopic (exact) mass is 301 g/mol. The summed E-state index contributed by atoms with van der Waals surface area (Å²) in [6.07, 6.45) is 1.65. The number of nitrogens with zero attached hydrogens (tertiary/aromatic N) is 1. The molecule has 1 aromatic carbocycles.